The lowest BCUT2D eigenvalue weighted by Gasteiger charge is -2.37. The van der Waals surface area contributed by atoms with Crippen molar-refractivity contribution in [2.24, 2.45) is 5.92 Å². The third-order valence-corrected chi connectivity index (χ3v) is 4.71. The lowest BCUT2D eigenvalue weighted by atomic mass is 10.1. The van der Waals surface area contributed by atoms with E-state index in [1.807, 2.05) is 36.9 Å². The first-order valence-corrected chi connectivity index (χ1v) is 8.94. The second kappa shape index (κ2) is 7.78. The van der Waals surface area contributed by atoms with Gasteiger partial charge in [0, 0.05) is 38.5 Å². The van der Waals surface area contributed by atoms with Crippen molar-refractivity contribution in [3.05, 3.63) is 47.6 Å². The van der Waals surface area contributed by atoms with Gasteiger partial charge >= 0.3 is 0 Å². The maximum absolute atomic E-state index is 12.1. The molecule has 2 aromatic rings. The van der Waals surface area contributed by atoms with E-state index in [9.17, 15) is 4.79 Å². The molecule has 1 aliphatic heterocycles. The van der Waals surface area contributed by atoms with Gasteiger partial charge in [0.15, 0.2) is 5.82 Å². The van der Waals surface area contributed by atoms with E-state index < -0.39 is 0 Å². The molecule has 1 aromatic heterocycles. The van der Waals surface area contributed by atoms with Crippen LogP contribution in [0.5, 0.6) is 0 Å². The summed E-state index contributed by atoms with van der Waals surface area (Å²) in [5, 5.41) is 4.12. The van der Waals surface area contributed by atoms with Gasteiger partial charge in [0.1, 0.15) is 0 Å². The van der Waals surface area contributed by atoms with Crippen molar-refractivity contribution < 1.29 is 9.32 Å². The molecule has 0 bridgehead atoms. The molecule has 1 saturated heterocycles. The number of aromatic nitrogens is 2. The zero-order valence-corrected chi connectivity index (χ0v) is 15.2. The van der Waals surface area contributed by atoms with E-state index in [0.717, 1.165) is 26.2 Å². The molecule has 1 aromatic carbocycles. The summed E-state index contributed by atoms with van der Waals surface area (Å²) < 4.78 is 5.48. The predicted octanol–water partition coefficient (Wildman–Crippen LogP) is 2.52. The van der Waals surface area contributed by atoms with Gasteiger partial charge in [-0.25, -0.2) is 0 Å². The van der Waals surface area contributed by atoms with Crippen molar-refractivity contribution in [1.82, 2.24) is 19.9 Å². The molecule has 0 radical (unpaired) electrons. The minimum atomic E-state index is 0.0560. The number of carbonyl (C=O) groups excluding carboxylic acids is 1. The Hall–Kier alpha value is -2.21. The summed E-state index contributed by atoms with van der Waals surface area (Å²) in [6.07, 6.45) is 0.674. The van der Waals surface area contributed by atoms with Gasteiger partial charge in [-0.3, -0.25) is 9.69 Å². The zero-order valence-electron chi connectivity index (χ0n) is 15.2. The highest BCUT2D eigenvalue weighted by molar-refractivity contribution is 5.78. The van der Waals surface area contributed by atoms with Crippen LogP contribution in [-0.4, -0.2) is 52.0 Å². The van der Waals surface area contributed by atoms with Crippen LogP contribution in [0.2, 0.25) is 0 Å². The summed E-state index contributed by atoms with van der Waals surface area (Å²) in [5.74, 6) is 1.65. The number of amides is 1. The third-order valence-electron chi connectivity index (χ3n) is 4.71. The largest absolute Gasteiger partial charge is 0.340 e. The van der Waals surface area contributed by atoms with Crippen molar-refractivity contribution >= 4 is 5.91 Å². The molecular weight excluding hydrogens is 316 g/mol. The van der Waals surface area contributed by atoms with E-state index in [4.69, 9.17) is 4.52 Å². The van der Waals surface area contributed by atoms with Crippen LogP contribution in [0.15, 0.2) is 34.9 Å². The average Bonchev–Trinajstić information content (AvgIpc) is 3.10. The number of rotatable bonds is 5. The Bertz CT molecular complexity index is 690. The molecule has 0 saturated carbocycles. The first-order chi connectivity index (χ1) is 12.0. The third kappa shape index (κ3) is 4.25. The van der Waals surface area contributed by atoms with Gasteiger partial charge in [0.2, 0.25) is 11.8 Å². The molecule has 0 aliphatic carbocycles. The van der Waals surface area contributed by atoms with E-state index in [1.165, 1.54) is 5.56 Å². The van der Waals surface area contributed by atoms with E-state index >= 15 is 0 Å². The number of hydrogen-bond donors (Lipinski definition) is 0. The lowest BCUT2D eigenvalue weighted by Crippen LogP contribution is -2.50. The molecule has 3 rings (SSSR count). The van der Waals surface area contributed by atoms with Crippen molar-refractivity contribution in [3.63, 3.8) is 0 Å². The Labute approximate surface area is 148 Å². The molecule has 2 heterocycles. The normalized spacial score (nSPS) is 17.0. The number of hydrogen-bond acceptors (Lipinski definition) is 5. The van der Waals surface area contributed by atoms with Gasteiger partial charge < -0.3 is 9.42 Å². The highest BCUT2D eigenvalue weighted by Crippen LogP contribution is 2.21. The van der Waals surface area contributed by atoms with Gasteiger partial charge in [-0.1, -0.05) is 49.3 Å². The SMILES string of the molecule is CC(C)C(=O)N1CCN(C(C)c2nc(Cc3ccccc3)no2)CC1. The number of piperazine rings is 1. The predicted molar refractivity (Wildman–Crippen MR) is 95.0 cm³/mol. The molecule has 134 valence electrons. The van der Waals surface area contributed by atoms with Gasteiger partial charge in [0.05, 0.1) is 6.04 Å². The van der Waals surface area contributed by atoms with Gasteiger partial charge in [-0.15, -0.1) is 0 Å². The van der Waals surface area contributed by atoms with E-state index in [2.05, 4.69) is 34.1 Å². The summed E-state index contributed by atoms with van der Waals surface area (Å²) >= 11 is 0. The highest BCUT2D eigenvalue weighted by atomic mass is 16.5. The molecule has 6 nitrogen and oxygen atoms in total. The number of benzene rings is 1. The van der Waals surface area contributed by atoms with Crippen LogP contribution in [0.25, 0.3) is 0 Å². The minimum Gasteiger partial charge on any atom is -0.340 e. The Morgan fingerprint density at radius 3 is 2.44 bits per heavy atom. The Balaban J connectivity index is 1.57. The van der Waals surface area contributed by atoms with Gasteiger partial charge in [-0.05, 0) is 12.5 Å². The standard InChI is InChI=1S/C19H26N4O2/c1-14(2)19(24)23-11-9-22(10-12-23)15(3)18-20-17(21-25-18)13-16-7-5-4-6-8-16/h4-8,14-15H,9-13H2,1-3H3. The number of carbonyl (C=O) groups is 1. The van der Waals surface area contributed by atoms with Crippen molar-refractivity contribution in [1.29, 1.82) is 0 Å². The smallest absolute Gasteiger partial charge is 0.243 e. The number of nitrogens with zero attached hydrogens (tertiary/aromatic N) is 4. The monoisotopic (exact) mass is 342 g/mol. The molecule has 0 spiro atoms. The van der Waals surface area contributed by atoms with Crippen LogP contribution in [0.3, 0.4) is 0 Å². The molecule has 1 fully saturated rings. The van der Waals surface area contributed by atoms with Crippen molar-refractivity contribution in [2.75, 3.05) is 26.2 Å². The summed E-state index contributed by atoms with van der Waals surface area (Å²) in [6.45, 7) is 9.15. The van der Waals surface area contributed by atoms with Crippen LogP contribution in [-0.2, 0) is 11.2 Å². The topological polar surface area (TPSA) is 62.5 Å². The average molecular weight is 342 g/mol. The molecule has 0 N–H and O–H groups in total. The fourth-order valence-electron chi connectivity index (χ4n) is 3.14. The molecule has 1 atom stereocenters. The van der Waals surface area contributed by atoms with Crippen LogP contribution >= 0.6 is 0 Å². The summed E-state index contributed by atoms with van der Waals surface area (Å²) in [5.41, 5.74) is 1.17. The first kappa shape index (κ1) is 17.6. The quantitative estimate of drug-likeness (QED) is 0.835. The lowest BCUT2D eigenvalue weighted by molar-refractivity contribution is -0.136. The molecule has 6 heteroatoms. The highest BCUT2D eigenvalue weighted by Gasteiger charge is 2.28. The maximum Gasteiger partial charge on any atom is 0.243 e. The molecule has 1 amide bonds. The second-order valence-corrected chi connectivity index (χ2v) is 6.90. The zero-order chi connectivity index (χ0) is 17.8. The summed E-state index contributed by atoms with van der Waals surface area (Å²) in [4.78, 5) is 20.9. The Morgan fingerprint density at radius 1 is 1.12 bits per heavy atom. The molecule has 1 unspecified atom stereocenters. The Morgan fingerprint density at radius 2 is 1.80 bits per heavy atom. The van der Waals surface area contributed by atoms with Gasteiger partial charge in [0.25, 0.3) is 0 Å². The van der Waals surface area contributed by atoms with E-state index in [-0.39, 0.29) is 17.9 Å². The van der Waals surface area contributed by atoms with Crippen LogP contribution in [0.1, 0.15) is 44.1 Å². The second-order valence-electron chi connectivity index (χ2n) is 6.90. The molecule has 1 aliphatic rings. The van der Waals surface area contributed by atoms with Crippen molar-refractivity contribution in [3.8, 4) is 0 Å². The minimum absolute atomic E-state index is 0.0560. The molecular formula is C19H26N4O2. The molecule has 25 heavy (non-hydrogen) atoms. The van der Waals surface area contributed by atoms with Crippen LogP contribution < -0.4 is 0 Å². The summed E-state index contributed by atoms with van der Waals surface area (Å²) in [7, 11) is 0. The Kier molecular flexibility index (Phi) is 5.48. The van der Waals surface area contributed by atoms with Crippen molar-refractivity contribution in [2.45, 2.75) is 33.2 Å². The fourth-order valence-corrected chi connectivity index (χ4v) is 3.14. The van der Waals surface area contributed by atoms with E-state index in [1.54, 1.807) is 0 Å². The van der Waals surface area contributed by atoms with Crippen LogP contribution in [0, 0.1) is 5.92 Å². The van der Waals surface area contributed by atoms with Gasteiger partial charge in [-0.2, -0.15) is 4.98 Å². The van der Waals surface area contributed by atoms with E-state index in [0.29, 0.717) is 18.1 Å². The first-order valence-electron chi connectivity index (χ1n) is 8.94. The maximum atomic E-state index is 12.1. The van der Waals surface area contributed by atoms with Crippen LogP contribution in [0.4, 0.5) is 0 Å². The summed E-state index contributed by atoms with van der Waals surface area (Å²) in [6, 6.07) is 10.2. The fraction of sp³-hybridized carbons (Fsp3) is 0.526.